The van der Waals surface area contributed by atoms with Crippen LogP contribution in [0, 0.1) is 0 Å². The van der Waals surface area contributed by atoms with E-state index in [1.807, 2.05) is 0 Å². The lowest BCUT2D eigenvalue weighted by atomic mass is 9.75. The molecule has 0 bridgehead atoms. The van der Waals surface area contributed by atoms with E-state index < -0.39 is 23.6 Å². The Balaban J connectivity index is 2.02. The molecule has 1 atom stereocenters. The average molecular weight is 484 g/mol. The molecule has 3 rings (SSSR count). The van der Waals surface area contributed by atoms with E-state index in [-0.39, 0.29) is 5.69 Å². The number of alkyl halides is 3. The summed E-state index contributed by atoms with van der Waals surface area (Å²) in [5.74, 6) is 0.438. The standard InChI is InChI=1S/C21H21BrF3N3O2/c1-19(2,15-9-13(22)7-8-18(15)30-3)11-20(29,21(23,24)25)12-26-16-5-4-6-17-14(16)10-27-28-17/h4-10,12,29H,11H2,1-3H3,(H,27,28). The third-order valence-electron chi connectivity index (χ3n) is 4.97. The quantitative estimate of drug-likeness (QED) is 0.442. The monoisotopic (exact) mass is 483 g/mol. The zero-order valence-corrected chi connectivity index (χ0v) is 18.2. The molecule has 5 nitrogen and oxygen atoms in total. The van der Waals surface area contributed by atoms with Gasteiger partial charge in [0.1, 0.15) is 5.75 Å². The Hall–Kier alpha value is -2.39. The van der Waals surface area contributed by atoms with Gasteiger partial charge in [-0.15, -0.1) is 0 Å². The maximum atomic E-state index is 14.0. The van der Waals surface area contributed by atoms with Gasteiger partial charge in [-0.05, 0) is 42.2 Å². The average Bonchev–Trinajstić information content (AvgIpc) is 3.14. The van der Waals surface area contributed by atoms with Crippen LogP contribution in [0.25, 0.3) is 10.9 Å². The molecule has 9 heteroatoms. The number of nitrogens with one attached hydrogen (secondary N) is 1. The number of nitrogens with zero attached hydrogens (tertiary/aromatic N) is 2. The van der Waals surface area contributed by atoms with Gasteiger partial charge in [0.15, 0.2) is 5.60 Å². The topological polar surface area (TPSA) is 70.5 Å². The number of aromatic amines is 1. The number of aliphatic hydroxyl groups is 1. The first-order chi connectivity index (χ1) is 14.0. The van der Waals surface area contributed by atoms with Crippen LogP contribution in [0.5, 0.6) is 5.75 Å². The molecule has 2 aromatic carbocycles. The van der Waals surface area contributed by atoms with E-state index in [9.17, 15) is 18.3 Å². The van der Waals surface area contributed by atoms with Gasteiger partial charge in [-0.2, -0.15) is 18.3 Å². The van der Waals surface area contributed by atoms with Crippen LogP contribution in [-0.4, -0.2) is 40.4 Å². The van der Waals surface area contributed by atoms with Crippen molar-refractivity contribution in [2.75, 3.05) is 7.11 Å². The highest BCUT2D eigenvalue weighted by molar-refractivity contribution is 9.10. The minimum Gasteiger partial charge on any atom is -0.496 e. The van der Waals surface area contributed by atoms with Crippen molar-refractivity contribution in [2.45, 2.75) is 37.5 Å². The predicted octanol–water partition coefficient (Wildman–Crippen LogP) is 5.70. The van der Waals surface area contributed by atoms with Crippen LogP contribution in [0.2, 0.25) is 0 Å². The molecule has 0 spiro atoms. The molecule has 0 radical (unpaired) electrons. The normalized spacial score (nSPS) is 14.9. The molecular formula is C21H21BrF3N3O2. The molecule has 1 aromatic heterocycles. The van der Waals surface area contributed by atoms with Crippen molar-refractivity contribution in [1.29, 1.82) is 0 Å². The van der Waals surface area contributed by atoms with Crippen molar-refractivity contribution in [3.8, 4) is 5.75 Å². The van der Waals surface area contributed by atoms with Crippen molar-refractivity contribution < 1.29 is 23.0 Å². The number of halogens is 4. The highest BCUT2D eigenvalue weighted by Crippen LogP contribution is 2.43. The number of ether oxygens (including phenoxy) is 1. The van der Waals surface area contributed by atoms with Gasteiger partial charge < -0.3 is 9.84 Å². The maximum Gasteiger partial charge on any atom is 0.422 e. The van der Waals surface area contributed by atoms with Crippen LogP contribution in [-0.2, 0) is 5.41 Å². The molecule has 0 saturated heterocycles. The second kappa shape index (κ2) is 8.03. The predicted molar refractivity (Wildman–Crippen MR) is 114 cm³/mol. The van der Waals surface area contributed by atoms with Crippen LogP contribution < -0.4 is 4.74 Å². The SMILES string of the molecule is COc1ccc(Br)cc1C(C)(C)CC(O)(C=Nc1cccc2[nH]ncc12)C(F)(F)F. The van der Waals surface area contributed by atoms with E-state index in [1.54, 1.807) is 50.2 Å². The fraction of sp³-hybridized carbons (Fsp3) is 0.333. The smallest absolute Gasteiger partial charge is 0.422 e. The van der Waals surface area contributed by atoms with E-state index in [4.69, 9.17) is 4.74 Å². The molecule has 0 amide bonds. The second-order valence-corrected chi connectivity index (χ2v) is 8.61. The van der Waals surface area contributed by atoms with Crippen LogP contribution in [0.3, 0.4) is 0 Å². The largest absolute Gasteiger partial charge is 0.496 e. The van der Waals surface area contributed by atoms with Crippen LogP contribution in [0.1, 0.15) is 25.8 Å². The number of H-pyrrole nitrogens is 1. The first-order valence-electron chi connectivity index (χ1n) is 9.07. The minimum absolute atomic E-state index is 0.279. The number of aliphatic imine (C=N–C) groups is 1. The van der Waals surface area contributed by atoms with Crippen molar-refractivity contribution >= 4 is 38.7 Å². The molecular weight excluding hydrogens is 463 g/mol. The Morgan fingerprint density at radius 2 is 1.97 bits per heavy atom. The van der Waals surface area contributed by atoms with E-state index in [0.717, 1.165) is 0 Å². The lowest BCUT2D eigenvalue weighted by Gasteiger charge is -2.36. The summed E-state index contributed by atoms with van der Waals surface area (Å²) < 4.78 is 47.9. The molecule has 0 aliphatic rings. The fourth-order valence-corrected chi connectivity index (χ4v) is 3.80. The maximum absolute atomic E-state index is 14.0. The zero-order valence-electron chi connectivity index (χ0n) is 16.6. The third-order valence-corrected chi connectivity index (χ3v) is 5.47. The van der Waals surface area contributed by atoms with Crippen molar-refractivity contribution in [2.24, 2.45) is 4.99 Å². The van der Waals surface area contributed by atoms with Crippen molar-refractivity contribution in [1.82, 2.24) is 10.2 Å². The van der Waals surface area contributed by atoms with Gasteiger partial charge in [-0.1, -0.05) is 35.8 Å². The molecule has 1 heterocycles. The number of benzene rings is 2. The first kappa shape index (κ1) is 22.3. The summed E-state index contributed by atoms with van der Waals surface area (Å²) in [6, 6.07) is 10.0. The second-order valence-electron chi connectivity index (χ2n) is 7.69. The van der Waals surface area contributed by atoms with Crippen LogP contribution in [0.4, 0.5) is 18.9 Å². The molecule has 0 saturated carbocycles. The Bertz CT molecular complexity index is 1080. The highest BCUT2D eigenvalue weighted by atomic mass is 79.9. The number of fused-ring (bicyclic) bond motifs is 1. The molecule has 30 heavy (non-hydrogen) atoms. The van der Waals surface area contributed by atoms with Crippen LogP contribution >= 0.6 is 15.9 Å². The van der Waals surface area contributed by atoms with Crippen molar-refractivity contribution in [3.63, 3.8) is 0 Å². The van der Waals surface area contributed by atoms with Crippen molar-refractivity contribution in [3.05, 3.63) is 52.6 Å². The number of hydrogen-bond donors (Lipinski definition) is 2. The Labute approximate surface area is 180 Å². The minimum atomic E-state index is -4.93. The molecule has 2 N–H and O–H groups in total. The van der Waals surface area contributed by atoms with Gasteiger partial charge >= 0.3 is 6.18 Å². The summed E-state index contributed by atoms with van der Waals surface area (Å²) in [6.07, 6.45) is -3.54. The summed E-state index contributed by atoms with van der Waals surface area (Å²) >= 11 is 3.34. The fourth-order valence-electron chi connectivity index (χ4n) is 3.44. The van der Waals surface area contributed by atoms with Gasteiger partial charge in [0.2, 0.25) is 0 Å². The Morgan fingerprint density at radius 1 is 1.23 bits per heavy atom. The van der Waals surface area contributed by atoms with Gasteiger partial charge in [0.05, 0.1) is 24.5 Å². The summed E-state index contributed by atoms with van der Waals surface area (Å²) in [5.41, 5.74) is -2.79. The summed E-state index contributed by atoms with van der Waals surface area (Å²) in [4.78, 5) is 3.99. The van der Waals surface area contributed by atoms with Gasteiger partial charge in [0, 0.05) is 21.6 Å². The third kappa shape index (κ3) is 4.37. The number of aromatic nitrogens is 2. The van der Waals surface area contributed by atoms with Gasteiger partial charge in [-0.3, -0.25) is 10.1 Å². The molecule has 0 fully saturated rings. The summed E-state index contributed by atoms with van der Waals surface area (Å²) in [6.45, 7) is 3.25. The highest BCUT2D eigenvalue weighted by Gasteiger charge is 2.55. The zero-order chi connectivity index (χ0) is 22.2. The summed E-state index contributed by atoms with van der Waals surface area (Å²) in [5, 5.41) is 17.9. The molecule has 160 valence electrons. The lowest BCUT2D eigenvalue weighted by Crippen LogP contribution is -2.50. The molecule has 0 aliphatic carbocycles. The van der Waals surface area contributed by atoms with E-state index in [0.29, 0.717) is 32.9 Å². The molecule has 3 aromatic rings. The molecule has 0 aliphatic heterocycles. The lowest BCUT2D eigenvalue weighted by molar-refractivity contribution is -0.234. The van der Waals surface area contributed by atoms with Gasteiger partial charge in [-0.25, -0.2) is 0 Å². The number of hydrogen-bond acceptors (Lipinski definition) is 4. The van der Waals surface area contributed by atoms with E-state index in [1.165, 1.54) is 13.3 Å². The number of rotatable bonds is 6. The molecule has 1 unspecified atom stereocenters. The van der Waals surface area contributed by atoms with Crippen LogP contribution in [0.15, 0.2) is 52.1 Å². The van der Waals surface area contributed by atoms with Gasteiger partial charge in [0.25, 0.3) is 0 Å². The van der Waals surface area contributed by atoms with E-state index in [2.05, 4.69) is 31.1 Å². The Kier molecular flexibility index (Phi) is 5.97. The Morgan fingerprint density at radius 3 is 2.63 bits per heavy atom. The summed E-state index contributed by atoms with van der Waals surface area (Å²) in [7, 11) is 1.45. The van der Waals surface area contributed by atoms with E-state index >= 15 is 0 Å². The first-order valence-corrected chi connectivity index (χ1v) is 9.87. The number of methoxy groups -OCH3 is 1.